The van der Waals surface area contributed by atoms with Crippen LogP contribution in [0.3, 0.4) is 0 Å². The van der Waals surface area contributed by atoms with Crippen molar-refractivity contribution in [1.82, 2.24) is 20.0 Å². The Kier molecular flexibility index (Phi) is 5.14. The Morgan fingerprint density at radius 2 is 2.04 bits per heavy atom. The van der Waals surface area contributed by atoms with Gasteiger partial charge >= 0.3 is 0 Å². The van der Waals surface area contributed by atoms with Crippen molar-refractivity contribution in [2.24, 2.45) is 0 Å². The molecular weight excluding hydrogens is 356 g/mol. The number of hydrogen-bond acceptors (Lipinski definition) is 8. The highest BCUT2D eigenvalue weighted by molar-refractivity contribution is 5.42. The van der Waals surface area contributed by atoms with E-state index in [2.05, 4.69) is 31.3 Å². The SMILES string of the molecule is c1cc(NC2CCCN(Cc3cc(C4CC4)on3)C2)nc(N2CCOCC2)n1. The van der Waals surface area contributed by atoms with Gasteiger partial charge in [0.2, 0.25) is 5.95 Å². The Labute approximate surface area is 165 Å². The van der Waals surface area contributed by atoms with Crippen molar-refractivity contribution in [2.45, 2.75) is 44.2 Å². The van der Waals surface area contributed by atoms with E-state index in [4.69, 9.17) is 14.2 Å². The van der Waals surface area contributed by atoms with Gasteiger partial charge in [-0.2, -0.15) is 4.98 Å². The molecule has 1 saturated carbocycles. The van der Waals surface area contributed by atoms with Gasteiger partial charge in [-0.15, -0.1) is 0 Å². The first-order valence-electron chi connectivity index (χ1n) is 10.4. The van der Waals surface area contributed by atoms with Gasteiger partial charge in [-0.3, -0.25) is 4.90 Å². The van der Waals surface area contributed by atoms with Crippen molar-refractivity contribution < 1.29 is 9.26 Å². The van der Waals surface area contributed by atoms with E-state index in [0.717, 1.165) is 75.6 Å². The molecule has 8 nitrogen and oxygen atoms in total. The molecule has 4 heterocycles. The fourth-order valence-corrected chi connectivity index (χ4v) is 4.06. The molecular formula is C20H28N6O2. The zero-order chi connectivity index (χ0) is 18.8. The standard InChI is InChI=1S/C20H28N6O2/c1-2-16(13-25(7-1)14-17-12-18(28-24-17)15-3-4-15)22-19-5-6-21-20(23-19)26-8-10-27-11-9-26/h5-6,12,15-16H,1-4,7-11,13-14H2,(H,21,22,23). The van der Waals surface area contributed by atoms with Crippen molar-refractivity contribution in [3.8, 4) is 0 Å². The van der Waals surface area contributed by atoms with E-state index in [-0.39, 0.29) is 0 Å². The molecule has 0 amide bonds. The van der Waals surface area contributed by atoms with Gasteiger partial charge in [-0.25, -0.2) is 4.98 Å². The number of hydrogen-bond donors (Lipinski definition) is 1. The third-order valence-electron chi connectivity index (χ3n) is 5.74. The van der Waals surface area contributed by atoms with Crippen molar-refractivity contribution in [1.29, 1.82) is 0 Å². The maximum Gasteiger partial charge on any atom is 0.227 e. The summed E-state index contributed by atoms with van der Waals surface area (Å²) in [6.07, 6.45) is 6.66. The van der Waals surface area contributed by atoms with Gasteiger partial charge in [0.05, 0.1) is 18.9 Å². The van der Waals surface area contributed by atoms with Gasteiger partial charge in [-0.05, 0) is 38.3 Å². The second-order valence-corrected chi connectivity index (χ2v) is 8.05. The fourth-order valence-electron chi connectivity index (χ4n) is 4.06. The Morgan fingerprint density at radius 3 is 2.89 bits per heavy atom. The molecule has 0 aromatic carbocycles. The minimum Gasteiger partial charge on any atom is -0.378 e. The largest absolute Gasteiger partial charge is 0.378 e. The molecule has 1 aliphatic carbocycles. The normalized spacial score (nSPS) is 23.7. The maximum atomic E-state index is 5.50. The molecule has 150 valence electrons. The third kappa shape index (κ3) is 4.28. The Hall–Kier alpha value is -2.19. The van der Waals surface area contributed by atoms with E-state index in [1.54, 1.807) is 0 Å². The van der Waals surface area contributed by atoms with Crippen LogP contribution in [-0.2, 0) is 11.3 Å². The minimum absolute atomic E-state index is 0.385. The van der Waals surface area contributed by atoms with Crippen LogP contribution in [0, 0.1) is 0 Å². The zero-order valence-corrected chi connectivity index (χ0v) is 16.2. The van der Waals surface area contributed by atoms with E-state index in [1.165, 1.54) is 19.3 Å². The maximum absolute atomic E-state index is 5.50. The molecule has 2 aromatic rings. The number of aromatic nitrogens is 3. The molecule has 0 radical (unpaired) electrons. The van der Waals surface area contributed by atoms with Crippen LogP contribution in [0.2, 0.25) is 0 Å². The van der Waals surface area contributed by atoms with Gasteiger partial charge in [0.25, 0.3) is 0 Å². The number of nitrogens with one attached hydrogen (secondary N) is 1. The van der Waals surface area contributed by atoms with Crippen LogP contribution in [0.5, 0.6) is 0 Å². The Balaban J connectivity index is 1.18. The van der Waals surface area contributed by atoms with Gasteiger partial charge in [-0.1, -0.05) is 5.16 Å². The molecule has 1 unspecified atom stereocenters. The van der Waals surface area contributed by atoms with Crippen LogP contribution in [0.25, 0.3) is 0 Å². The van der Waals surface area contributed by atoms with Crippen LogP contribution < -0.4 is 10.2 Å². The Morgan fingerprint density at radius 1 is 1.14 bits per heavy atom. The molecule has 1 atom stereocenters. The van der Waals surface area contributed by atoms with Gasteiger partial charge in [0.15, 0.2) is 0 Å². The van der Waals surface area contributed by atoms with Gasteiger partial charge in [0.1, 0.15) is 11.6 Å². The minimum atomic E-state index is 0.385. The number of anilines is 2. The van der Waals surface area contributed by atoms with Crippen LogP contribution in [0.1, 0.15) is 43.1 Å². The second kappa shape index (κ2) is 8.05. The molecule has 2 saturated heterocycles. The second-order valence-electron chi connectivity index (χ2n) is 8.05. The summed E-state index contributed by atoms with van der Waals surface area (Å²) < 4.78 is 10.9. The molecule has 8 heteroatoms. The molecule has 1 N–H and O–H groups in total. The number of likely N-dealkylation sites (tertiary alicyclic amines) is 1. The molecule has 2 aromatic heterocycles. The predicted molar refractivity (Wildman–Crippen MR) is 105 cm³/mol. The third-order valence-corrected chi connectivity index (χ3v) is 5.74. The van der Waals surface area contributed by atoms with Crippen molar-refractivity contribution >= 4 is 11.8 Å². The van der Waals surface area contributed by atoms with Crippen LogP contribution in [-0.4, -0.2) is 65.5 Å². The number of piperidine rings is 1. The lowest BCUT2D eigenvalue weighted by Gasteiger charge is -2.33. The summed E-state index contributed by atoms with van der Waals surface area (Å²) in [5.74, 6) is 3.38. The highest BCUT2D eigenvalue weighted by atomic mass is 16.5. The average molecular weight is 384 g/mol. The molecule has 2 aliphatic heterocycles. The first-order chi connectivity index (χ1) is 13.8. The lowest BCUT2D eigenvalue weighted by Crippen LogP contribution is -2.42. The molecule has 0 spiro atoms. The van der Waals surface area contributed by atoms with E-state index < -0.39 is 0 Å². The van der Waals surface area contributed by atoms with Crippen LogP contribution in [0.15, 0.2) is 22.9 Å². The zero-order valence-electron chi connectivity index (χ0n) is 16.2. The highest BCUT2D eigenvalue weighted by Gasteiger charge is 2.28. The smallest absolute Gasteiger partial charge is 0.227 e. The summed E-state index contributed by atoms with van der Waals surface area (Å²) in [6.45, 7) is 6.13. The van der Waals surface area contributed by atoms with E-state index in [1.807, 2.05) is 12.3 Å². The number of rotatable bonds is 6. The molecule has 0 bridgehead atoms. The topological polar surface area (TPSA) is 79.5 Å². The van der Waals surface area contributed by atoms with Gasteiger partial charge in [0, 0.05) is 50.4 Å². The fraction of sp³-hybridized carbons (Fsp3) is 0.650. The summed E-state index contributed by atoms with van der Waals surface area (Å²) in [4.78, 5) is 13.8. The van der Waals surface area contributed by atoms with Crippen LogP contribution in [0.4, 0.5) is 11.8 Å². The van der Waals surface area contributed by atoms with E-state index in [9.17, 15) is 0 Å². The highest BCUT2D eigenvalue weighted by Crippen LogP contribution is 2.40. The van der Waals surface area contributed by atoms with Crippen LogP contribution >= 0.6 is 0 Å². The predicted octanol–water partition coefficient (Wildman–Crippen LogP) is 2.26. The first kappa shape index (κ1) is 17.9. The number of ether oxygens (including phenoxy) is 1. The molecule has 28 heavy (non-hydrogen) atoms. The number of morpholine rings is 1. The average Bonchev–Trinajstić information content (AvgIpc) is 3.49. The molecule has 3 fully saturated rings. The van der Waals surface area contributed by atoms with Crippen molar-refractivity contribution in [2.75, 3.05) is 49.6 Å². The quantitative estimate of drug-likeness (QED) is 0.812. The summed E-state index contributed by atoms with van der Waals surface area (Å²) >= 11 is 0. The monoisotopic (exact) mass is 384 g/mol. The van der Waals surface area contributed by atoms with Crippen molar-refractivity contribution in [3.63, 3.8) is 0 Å². The first-order valence-corrected chi connectivity index (χ1v) is 10.4. The van der Waals surface area contributed by atoms with Gasteiger partial charge < -0.3 is 19.5 Å². The molecule has 5 rings (SSSR count). The summed E-state index contributed by atoms with van der Waals surface area (Å²) in [6, 6.07) is 4.49. The Bertz CT molecular complexity index is 787. The summed E-state index contributed by atoms with van der Waals surface area (Å²) in [5, 5.41) is 7.89. The lowest BCUT2D eigenvalue weighted by molar-refractivity contribution is 0.122. The van der Waals surface area contributed by atoms with E-state index >= 15 is 0 Å². The number of nitrogens with zero attached hydrogens (tertiary/aromatic N) is 5. The lowest BCUT2D eigenvalue weighted by atomic mass is 10.1. The van der Waals surface area contributed by atoms with Crippen molar-refractivity contribution in [3.05, 3.63) is 29.8 Å². The summed E-state index contributed by atoms with van der Waals surface area (Å²) in [7, 11) is 0. The van der Waals surface area contributed by atoms with E-state index in [0.29, 0.717) is 12.0 Å². The molecule has 3 aliphatic rings. The summed E-state index contributed by atoms with van der Waals surface area (Å²) in [5.41, 5.74) is 1.05.